The molecule has 0 bridgehead atoms. The van der Waals surface area contributed by atoms with Crippen molar-refractivity contribution in [2.24, 2.45) is 0 Å². The standard InChI is InChI=1S/C18H24N2O5/c1-12(2)13-6-4-5-7-15(13)25-11-16(21)20-9-8-19-18(23)14(20)10-17(22)24-3/h4-7,12,14H,8-11H2,1-3H3,(H,19,23). The first-order valence-electron chi connectivity index (χ1n) is 8.29. The van der Waals surface area contributed by atoms with Crippen molar-refractivity contribution in [1.82, 2.24) is 10.2 Å². The number of methoxy groups -OCH3 is 1. The van der Waals surface area contributed by atoms with E-state index in [1.807, 2.05) is 38.1 Å². The molecule has 2 amide bonds. The molecule has 1 aliphatic heterocycles. The van der Waals surface area contributed by atoms with Crippen molar-refractivity contribution >= 4 is 17.8 Å². The Morgan fingerprint density at radius 3 is 2.72 bits per heavy atom. The lowest BCUT2D eigenvalue weighted by molar-refractivity contribution is -0.151. The Bertz CT molecular complexity index is 644. The highest BCUT2D eigenvalue weighted by molar-refractivity contribution is 5.92. The molecule has 1 unspecified atom stereocenters. The number of nitrogens with one attached hydrogen (secondary N) is 1. The first-order valence-corrected chi connectivity index (χ1v) is 8.29. The van der Waals surface area contributed by atoms with Crippen LogP contribution in [0.3, 0.4) is 0 Å². The van der Waals surface area contributed by atoms with Crippen LogP contribution in [0.1, 0.15) is 31.7 Å². The topological polar surface area (TPSA) is 84.9 Å². The quantitative estimate of drug-likeness (QED) is 0.778. The zero-order valence-electron chi connectivity index (χ0n) is 14.8. The minimum absolute atomic E-state index is 0.170. The highest BCUT2D eigenvalue weighted by Crippen LogP contribution is 2.26. The highest BCUT2D eigenvalue weighted by atomic mass is 16.5. The van der Waals surface area contributed by atoms with E-state index in [0.717, 1.165) is 5.56 Å². The maximum Gasteiger partial charge on any atom is 0.308 e. The summed E-state index contributed by atoms with van der Waals surface area (Å²) in [7, 11) is 1.25. The average molecular weight is 348 g/mol. The zero-order chi connectivity index (χ0) is 18.4. The van der Waals surface area contributed by atoms with Gasteiger partial charge in [0.15, 0.2) is 6.61 Å². The molecule has 0 spiro atoms. The number of hydrogen-bond donors (Lipinski definition) is 1. The Kier molecular flexibility index (Phi) is 6.38. The lowest BCUT2D eigenvalue weighted by atomic mass is 10.0. The molecule has 1 saturated heterocycles. The van der Waals surface area contributed by atoms with E-state index in [2.05, 4.69) is 10.1 Å². The molecule has 1 aromatic carbocycles. The summed E-state index contributed by atoms with van der Waals surface area (Å²) in [5.41, 5.74) is 1.01. The van der Waals surface area contributed by atoms with Crippen LogP contribution >= 0.6 is 0 Å². The number of rotatable bonds is 6. The molecule has 1 aliphatic rings. The monoisotopic (exact) mass is 348 g/mol. The fourth-order valence-corrected chi connectivity index (χ4v) is 2.77. The van der Waals surface area contributed by atoms with Crippen molar-refractivity contribution in [3.63, 3.8) is 0 Å². The number of amides is 2. The van der Waals surface area contributed by atoms with Gasteiger partial charge >= 0.3 is 5.97 Å². The summed E-state index contributed by atoms with van der Waals surface area (Å²) >= 11 is 0. The van der Waals surface area contributed by atoms with Gasteiger partial charge in [0.1, 0.15) is 11.8 Å². The molecule has 7 nitrogen and oxygen atoms in total. The average Bonchev–Trinajstić information content (AvgIpc) is 2.61. The van der Waals surface area contributed by atoms with Gasteiger partial charge in [-0.2, -0.15) is 0 Å². The molecular weight excluding hydrogens is 324 g/mol. The molecule has 0 aliphatic carbocycles. The Morgan fingerprint density at radius 2 is 2.04 bits per heavy atom. The van der Waals surface area contributed by atoms with Crippen LogP contribution < -0.4 is 10.1 Å². The van der Waals surface area contributed by atoms with E-state index in [1.165, 1.54) is 12.0 Å². The van der Waals surface area contributed by atoms with Gasteiger partial charge in [0, 0.05) is 13.1 Å². The van der Waals surface area contributed by atoms with Gasteiger partial charge in [-0.15, -0.1) is 0 Å². The molecule has 1 atom stereocenters. The second-order valence-corrected chi connectivity index (χ2v) is 6.16. The molecule has 0 saturated carbocycles. The van der Waals surface area contributed by atoms with E-state index in [1.54, 1.807) is 0 Å². The van der Waals surface area contributed by atoms with Crippen molar-refractivity contribution < 1.29 is 23.9 Å². The second kappa shape index (κ2) is 8.50. The second-order valence-electron chi connectivity index (χ2n) is 6.16. The summed E-state index contributed by atoms with van der Waals surface area (Å²) in [5.74, 6) is -0.309. The highest BCUT2D eigenvalue weighted by Gasteiger charge is 2.35. The smallest absolute Gasteiger partial charge is 0.308 e. The van der Waals surface area contributed by atoms with Crippen molar-refractivity contribution in [2.75, 3.05) is 26.8 Å². The van der Waals surface area contributed by atoms with Crippen molar-refractivity contribution in [3.8, 4) is 5.75 Å². The van der Waals surface area contributed by atoms with Crippen LogP contribution in [-0.2, 0) is 19.1 Å². The molecule has 2 rings (SSSR count). The number of piperazine rings is 1. The van der Waals surface area contributed by atoms with E-state index in [-0.39, 0.29) is 30.8 Å². The van der Waals surface area contributed by atoms with Crippen LogP contribution in [0.15, 0.2) is 24.3 Å². The number of nitrogens with zero attached hydrogens (tertiary/aromatic N) is 1. The first-order chi connectivity index (χ1) is 11.9. The van der Waals surface area contributed by atoms with E-state index < -0.39 is 12.0 Å². The minimum Gasteiger partial charge on any atom is -0.483 e. The van der Waals surface area contributed by atoms with Crippen molar-refractivity contribution in [1.29, 1.82) is 0 Å². The normalized spacial score (nSPS) is 17.2. The molecule has 0 aromatic heterocycles. The summed E-state index contributed by atoms with van der Waals surface area (Å²) in [6, 6.07) is 6.68. The molecule has 1 aromatic rings. The third-order valence-electron chi connectivity index (χ3n) is 4.13. The Balaban J connectivity index is 2.05. The zero-order valence-corrected chi connectivity index (χ0v) is 14.8. The number of carbonyl (C=O) groups is 3. The van der Waals surface area contributed by atoms with Gasteiger partial charge in [-0.25, -0.2) is 0 Å². The molecule has 136 valence electrons. The number of benzene rings is 1. The molecule has 7 heteroatoms. The number of ether oxygens (including phenoxy) is 2. The van der Waals surface area contributed by atoms with Crippen LogP contribution in [-0.4, -0.2) is 55.5 Å². The summed E-state index contributed by atoms with van der Waals surface area (Å²) < 4.78 is 10.3. The summed E-state index contributed by atoms with van der Waals surface area (Å²) in [6.45, 7) is 4.59. The van der Waals surface area contributed by atoms with E-state index >= 15 is 0 Å². The van der Waals surface area contributed by atoms with Gasteiger partial charge in [-0.05, 0) is 17.5 Å². The Hall–Kier alpha value is -2.57. The molecule has 1 heterocycles. The third kappa shape index (κ3) is 4.71. The first kappa shape index (κ1) is 18.8. The van der Waals surface area contributed by atoms with E-state index in [9.17, 15) is 14.4 Å². The number of para-hydroxylation sites is 1. The van der Waals surface area contributed by atoms with Crippen LogP contribution in [0.5, 0.6) is 5.75 Å². The summed E-state index contributed by atoms with van der Waals surface area (Å²) in [5, 5.41) is 2.66. The van der Waals surface area contributed by atoms with E-state index in [4.69, 9.17) is 4.74 Å². The van der Waals surface area contributed by atoms with Gasteiger partial charge in [-0.1, -0.05) is 32.0 Å². The lowest BCUT2D eigenvalue weighted by Crippen LogP contribution is -2.58. The van der Waals surface area contributed by atoms with Crippen molar-refractivity contribution in [3.05, 3.63) is 29.8 Å². The van der Waals surface area contributed by atoms with Crippen LogP contribution in [0.4, 0.5) is 0 Å². The molecule has 0 radical (unpaired) electrons. The summed E-state index contributed by atoms with van der Waals surface area (Å²) in [6.07, 6.45) is -0.170. The minimum atomic E-state index is -0.863. The predicted octanol–water partition coefficient (Wildman–Crippen LogP) is 1.08. The van der Waals surface area contributed by atoms with Crippen LogP contribution in [0, 0.1) is 0 Å². The SMILES string of the molecule is COC(=O)CC1C(=O)NCCN1C(=O)COc1ccccc1C(C)C. The third-order valence-corrected chi connectivity index (χ3v) is 4.13. The maximum absolute atomic E-state index is 12.5. The fraction of sp³-hybridized carbons (Fsp3) is 0.500. The van der Waals surface area contributed by atoms with Crippen LogP contribution in [0.25, 0.3) is 0 Å². The van der Waals surface area contributed by atoms with Gasteiger partial charge in [0.25, 0.3) is 5.91 Å². The van der Waals surface area contributed by atoms with E-state index in [0.29, 0.717) is 18.8 Å². The lowest BCUT2D eigenvalue weighted by Gasteiger charge is -2.34. The maximum atomic E-state index is 12.5. The molecule has 1 fully saturated rings. The largest absolute Gasteiger partial charge is 0.483 e. The van der Waals surface area contributed by atoms with Crippen LogP contribution in [0.2, 0.25) is 0 Å². The number of carbonyl (C=O) groups excluding carboxylic acids is 3. The fourth-order valence-electron chi connectivity index (χ4n) is 2.77. The molecular formula is C18H24N2O5. The van der Waals surface area contributed by atoms with Gasteiger partial charge in [0.2, 0.25) is 5.91 Å². The predicted molar refractivity (Wildman–Crippen MR) is 91.2 cm³/mol. The van der Waals surface area contributed by atoms with Gasteiger partial charge in [-0.3, -0.25) is 14.4 Å². The van der Waals surface area contributed by atoms with Crippen molar-refractivity contribution in [2.45, 2.75) is 32.2 Å². The Labute approximate surface area is 147 Å². The summed E-state index contributed by atoms with van der Waals surface area (Å²) in [4.78, 5) is 37.5. The molecule has 25 heavy (non-hydrogen) atoms. The number of hydrogen-bond acceptors (Lipinski definition) is 5. The number of esters is 1. The molecule has 1 N–H and O–H groups in total. The van der Waals surface area contributed by atoms with Gasteiger partial charge < -0.3 is 19.7 Å². The Morgan fingerprint density at radius 1 is 1.32 bits per heavy atom. The van der Waals surface area contributed by atoms with Gasteiger partial charge in [0.05, 0.1) is 13.5 Å².